The van der Waals surface area contributed by atoms with Gasteiger partial charge in [0, 0.05) is 15.9 Å². The number of benzene rings is 1. The van der Waals surface area contributed by atoms with Crippen LogP contribution in [0.25, 0.3) is 0 Å². The van der Waals surface area contributed by atoms with E-state index in [1.54, 1.807) is 0 Å². The summed E-state index contributed by atoms with van der Waals surface area (Å²) in [6, 6.07) is 10.7. The molecule has 0 aliphatic carbocycles. The lowest BCUT2D eigenvalue weighted by molar-refractivity contribution is 0.583. The highest BCUT2D eigenvalue weighted by molar-refractivity contribution is 7.10. The van der Waals surface area contributed by atoms with Crippen LogP contribution in [0.5, 0.6) is 0 Å². The maximum atomic E-state index is 5.87. The van der Waals surface area contributed by atoms with Gasteiger partial charge in [0.25, 0.3) is 0 Å². The third kappa shape index (κ3) is 3.58. The molecule has 0 bridgehead atoms. The molecule has 0 spiro atoms. The zero-order valence-electron chi connectivity index (χ0n) is 10.7. The van der Waals surface area contributed by atoms with E-state index in [1.807, 2.05) is 23.5 Å². The van der Waals surface area contributed by atoms with Gasteiger partial charge in [0.05, 0.1) is 0 Å². The molecule has 1 atom stereocenters. The van der Waals surface area contributed by atoms with Crippen molar-refractivity contribution in [3.05, 3.63) is 56.7 Å². The van der Waals surface area contributed by atoms with E-state index in [-0.39, 0.29) is 0 Å². The van der Waals surface area contributed by atoms with Gasteiger partial charge in [-0.3, -0.25) is 0 Å². The van der Waals surface area contributed by atoms with Gasteiger partial charge in [0.15, 0.2) is 0 Å². The van der Waals surface area contributed by atoms with Crippen molar-refractivity contribution in [2.24, 2.45) is 0 Å². The number of rotatable bonds is 5. The quantitative estimate of drug-likeness (QED) is 0.843. The lowest BCUT2D eigenvalue weighted by Gasteiger charge is -2.13. The van der Waals surface area contributed by atoms with Crippen molar-refractivity contribution < 1.29 is 0 Å². The number of aryl methyl sites for hydroxylation is 1. The maximum absolute atomic E-state index is 5.87. The summed E-state index contributed by atoms with van der Waals surface area (Å²) in [7, 11) is 0. The Labute approximate surface area is 118 Å². The lowest BCUT2D eigenvalue weighted by Crippen LogP contribution is -2.21. The molecule has 2 aromatic rings. The van der Waals surface area contributed by atoms with Crippen molar-refractivity contribution in [1.29, 1.82) is 0 Å². The van der Waals surface area contributed by atoms with Crippen LogP contribution in [0.4, 0.5) is 0 Å². The Hall–Kier alpha value is -0.830. The number of hydrogen-bond donors (Lipinski definition) is 1. The summed E-state index contributed by atoms with van der Waals surface area (Å²) < 4.78 is 0. The summed E-state index contributed by atoms with van der Waals surface area (Å²) in [6.07, 6.45) is 1.03. The first kappa shape index (κ1) is 13.6. The Bertz CT molecular complexity index is 489. The van der Waals surface area contributed by atoms with E-state index >= 15 is 0 Å². The monoisotopic (exact) mass is 279 g/mol. The molecule has 1 aromatic carbocycles. The fourth-order valence-electron chi connectivity index (χ4n) is 2.00. The minimum Gasteiger partial charge on any atom is -0.309 e. The van der Waals surface area contributed by atoms with Gasteiger partial charge in [0.1, 0.15) is 0 Å². The highest BCUT2D eigenvalue weighted by Gasteiger charge is 2.08. The smallest absolute Gasteiger partial charge is 0.0406 e. The molecular weight excluding hydrogens is 262 g/mol. The fraction of sp³-hybridized carbons (Fsp3) is 0.333. The van der Waals surface area contributed by atoms with Gasteiger partial charge < -0.3 is 5.32 Å². The molecule has 0 radical (unpaired) electrons. The first-order chi connectivity index (χ1) is 8.66. The fourth-order valence-corrected chi connectivity index (χ4v) is 3.09. The molecule has 0 saturated heterocycles. The highest BCUT2D eigenvalue weighted by atomic mass is 35.5. The van der Waals surface area contributed by atoms with Gasteiger partial charge >= 0.3 is 0 Å². The topological polar surface area (TPSA) is 12.0 Å². The predicted molar refractivity (Wildman–Crippen MR) is 80.6 cm³/mol. The number of halogens is 1. The Kier molecular flexibility index (Phi) is 4.81. The Morgan fingerprint density at radius 2 is 1.94 bits per heavy atom. The SMILES string of the molecule is Cc1ccsc1C(C)NCCc1ccc(Cl)cc1. The van der Waals surface area contributed by atoms with Crippen LogP contribution >= 0.6 is 22.9 Å². The minimum atomic E-state index is 0.428. The molecule has 1 N–H and O–H groups in total. The van der Waals surface area contributed by atoms with Crippen LogP contribution in [0.3, 0.4) is 0 Å². The van der Waals surface area contributed by atoms with Crippen LogP contribution in [0.15, 0.2) is 35.7 Å². The van der Waals surface area contributed by atoms with Crippen LogP contribution in [0, 0.1) is 6.92 Å². The molecule has 0 aliphatic heterocycles. The number of thiophene rings is 1. The lowest BCUT2D eigenvalue weighted by atomic mass is 10.1. The molecule has 1 heterocycles. The average Bonchev–Trinajstić information content (AvgIpc) is 2.78. The number of nitrogens with one attached hydrogen (secondary N) is 1. The van der Waals surface area contributed by atoms with Crippen molar-refractivity contribution >= 4 is 22.9 Å². The Balaban J connectivity index is 1.82. The second-order valence-corrected chi connectivity index (χ2v) is 5.90. The summed E-state index contributed by atoms with van der Waals surface area (Å²) >= 11 is 7.69. The molecule has 1 aromatic heterocycles. The molecule has 1 nitrogen and oxygen atoms in total. The average molecular weight is 280 g/mol. The van der Waals surface area contributed by atoms with Crippen molar-refractivity contribution in [3.63, 3.8) is 0 Å². The third-order valence-electron chi connectivity index (χ3n) is 3.07. The summed E-state index contributed by atoms with van der Waals surface area (Å²) in [5.74, 6) is 0. The van der Waals surface area contributed by atoms with Gasteiger partial charge in [-0.1, -0.05) is 23.7 Å². The van der Waals surface area contributed by atoms with Gasteiger partial charge in [-0.2, -0.15) is 0 Å². The van der Waals surface area contributed by atoms with Gasteiger partial charge in [-0.05, 0) is 61.5 Å². The van der Waals surface area contributed by atoms with Crippen LogP contribution < -0.4 is 5.32 Å². The van der Waals surface area contributed by atoms with Crippen LogP contribution in [0.1, 0.15) is 29.0 Å². The second-order valence-electron chi connectivity index (χ2n) is 4.52. The molecule has 18 heavy (non-hydrogen) atoms. The Morgan fingerprint density at radius 3 is 2.56 bits per heavy atom. The standard InChI is InChI=1S/C15H18ClNS/c1-11-8-10-18-15(11)12(2)17-9-7-13-3-5-14(16)6-4-13/h3-6,8,10,12,17H,7,9H2,1-2H3. The first-order valence-electron chi connectivity index (χ1n) is 6.18. The van der Waals surface area contributed by atoms with Gasteiger partial charge in [-0.25, -0.2) is 0 Å². The van der Waals surface area contributed by atoms with E-state index in [0.717, 1.165) is 18.0 Å². The summed E-state index contributed by atoms with van der Waals surface area (Å²) in [4.78, 5) is 1.44. The molecule has 0 fully saturated rings. The van der Waals surface area contributed by atoms with Crippen molar-refractivity contribution in [2.45, 2.75) is 26.3 Å². The van der Waals surface area contributed by atoms with E-state index < -0.39 is 0 Å². The van der Waals surface area contributed by atoms with Crippen molar-refractivity contribution in [3.8, 4) is 0 Å². The van der Waals surface area contributed by atoms with Crippen LogP contribution in [0.2, 0.25) is 5.02 Å². The van der Waals surface area contributed by atoms with E-state index in [4.69, 9.17) is 11.6 Å². The largest absolute Gasteiger partial charge is 0.309 e. The summed E-state index contributed by atoms with van der Waals surface area (Å²) in [5, 5.41) is 6.52. The molecular formula is C15H18ClNS. The predicted octanol–water partition coefficient (Wildman–Crippen LogP) is 4.60. The molecule has 1 unspecified atom stereocenters. The van der Waals surface area contributed by atoms with E-state index in [1.165, 1.54) is 16.0 Å². The summed E-state index contributed by atoms with van der Waals surface area (Å²) in [5.41, 5.74) is 2.70. The minimum absolute atomic E-state index is 0.428. The summed E-state index contributed by atoms with van der Waals surface area (Å²) in [6.45, 7) is 5.38. The van der Waals surface area contributed by atoms with Crippen molar-refractivity contribution in [1.82, 2.24) is 5.32 Å². The zero-order chi connectivity index (χ0) is 13.0. The maximum Gasteiger partial charge on any atom is 0.0406 e. The molecule has 96 valence electrons. The van der Waals surface area contributed by atoms with E-state index in [2.05, 4.69) is 42.7 Å². The Morgan fingerprint density at radius 1 is 1.22 bits per heavy atom. The third-order valence-corrected chi connectivity index (χ3v) is 4.53. The van der Waals surface area contributed by atoms with E-state index in [9.17, 15) is 0 Å². The molecule has 3 heteroatoms. The van der Waals surface area contributed by atoms with Crippen molar-refractivity contribution in [2.75, 3.05) is 6.54 Å². The van der Waals surface area contributed by atoms with Gasteiger partial charge in [0.2, 0.25) is 0 Å². The normalized spacial score (nSPS) is 12.6. The van der Waals surface area contributed by atoms with Gasteiger partial charge in [-0.15, -0.1) is 11.3 Å². The van der Waals surface area contributed by atoms with E-state index in [0.29, 0.717) is 6.04 Å². The number of hydrogen-bond acceptors (Lipinski definition) is 2. The molecule has 0 saturated carbocycles. The van der Waals surface area contributed by atoms with Crippen LogP contribution in [-0.4, -0.2) is 6.54 Å². The first-order valence-corrected chi connectivity index (χ1v) is 7.44. The molecule has 0 amide bonds. The molecule has 0 aliphatic rings. The molecule has 2 rings (SSSR count). The second kappa shape index (κ2) is 6.37. The zero-order valence-corrected chi connectivity index (χ0v) is 12.3. The van der Waals surface area contributed by atoms with Crippen LogP contribution in [-0.2, 0) is 6.42 Å². The highest BCUT2D eigenvalue weighted by Crippen LogP contribution is 2.23.